The van der Waals surface area contributed by atoms with Gasteiger partial charge >= 0.3 is 0 Å². The zero-order valence-electron chi connectivity index (χ0n) is 8.55. The smallest absolute Gasteiger partial charge is 0.121 e. The van der Waals surface area contributed by atoms with Crippen LogP contribution in [0.2, 0.25) is 0 Å². The summed E-state index contributed by atoms with van der Waals surface area (Å²) in [5.41, 5.74) is 6.51. The molecule has 1 unspecified atom stereocenters. The molecule has 84 valence electrons. The monoisotopic (exact) mass is 281 g/mol. The minimum atomic E-state index is -0.627. The first-order chi connectivity index (χ1) is 7.68. The lowest BCUT2D eigenvalue weighted by atomic mass is 10.1. The molecule has 5 heteroatoms. The van der Waals surface area contributed by atoms with Gasteiger partial charge in [0.05, 0.1) is 18.8 Å². The van der Waals surface area contributed by atoms with Crippen LogP contribution in [0.15, 0.2) is 41.0 Å². The van der Waals surface area contributed by atoms with Crippen LogP contribution in [0.5, 0.6) is 0 Å². The van der Waals surface area contributed by atoms with Crippen molar-refractivity contribution in [3.63, 3.8) is 0 Å². The van der Waals surface area contributed by atoms with E-state index in [0.717, 1.165) is 10.0 Å². The first-order valence-corrected chi connectivity index (χ1v) is 5.67. The van der Waals surface area contributed by atoms with E-state index in [2.05, 4.69) is 21.0 Å². The predicted molar refractivity (Wildman–Crippen MR) is 65.7 cm³/mol. The summed E-state index contributed by atoms with van der Waals surface area (Å²) in [6.45, 7) is 0.349. The van der Waals surface area contributed by atoms with E-state index < -0.39 is 6.10 Å². The average Bonchev–Trinajstić information content (AvgIpc) is 2.65. The van der Waals surface area contributed by atoms with Crippen LogP contribution in [0, 0.1) is 0 Å². The Morgan fingerprint density at radius 1 is 1.38 bits per heavy atom. The van der Waals surface area contributed by atoms with E-state index in [0.29, 0.717) is 12.4 Å². The molecule has 1 aromatic carbocycles. The van der Waals surface area contributed by atoms with Crippen LogP contribution >= 0.6 is 15.9 Å². The van der Waals surface area contributed by atoms with Crippen LogP contribution in [-0.4, -0.2) is 14.9 Å². The summed E-state index contributed by atoms with van der Waals surface area (Å²) < 4.78 is 2.46. The maximum Gasteiger partial charge on any atom is 0.121 e. The van der Waals surface area contributed by atoms with Gasteiger partial charge in [0.1, 0.15) is 5.82 Å². The van der Waals surface area contributed by atoms with E-state index in [1.165, 1.54) is 0 Å². The van der Waals surface area contributed by atoms with Gasteiger partial charge in [-0.05, 0) is 17.7 Å². The number of halogens is 1. The largest absolute Gasteiger partial charge is 0.386 e. The van der Waals surface area contributed by atoms with E-state index in [-0.39, 0.29) is 0 Å². The van der Waals surface area contributed by atoms with E-state index >= 15 is 0 Å². The van der Waals surface area contributed by atoms with Crippen molar-refractivity contribution in [3.8, 4) is 0 Å². The quantitative estimate of drug-likeness (QED) is 0.904. The summed E-state index contributed by atoms with van der Waals surface area (Å²) >= 11 is 3.40. The molecule has 4 nitrogen and oxygen atoms in total. The van der Waals surface area contributed by atoms with E-state index in [4.69, 9.17) is 5.73 Å². The van der Waals surface area contributed by atoms with Crippen LogP contribution in [0.1, 0.15) is 11.7 Å². The van der Waals surface area contributed by atoms with Crippen molar-refractivity contribution in [1.82, 2.24) is 9.78 Å². The molecule has 2 aromatic rings. The number of hydrogen-bond acceptors (Lipinski definition) is 3. The molecule has 0 aliphatic heterocycles. The molecule has 0 aliphatic rings. The first-order valence-electron chi connectivity index (χ1n) is 4.88. The summed E-state index contributed by atoms with van der Waals surface area (Å²) in [6, 6.07) is 9.25. The Morgan fingerprint density at radius 2 is 2.12 bits per heavy atom. The molecule has 16 heavy (non-hydrogen) atoms. The number of aromatic nitrogens is 2. The number of nitrogens with two attached hydrogens (primary N) is 1. The van der Waals surface area contributed by atoms with Crippen molar-refractivity contribution in [2.75, 3.05) is 5.73 Å². The Morgan fingerprint density at radius 3 is 2.75 bits per heavy atom. The second kappa shape index (κ2) is 4.67. The maximum absolute atomic E-state index is 10.1. The number of benzene rings is 1. The summed E-state index contributed by atoms with van der Waals surface area (Å²) in [5.74, 6) is 0.547. The molecule has 0 saturated heterocycles. The Balaban J connectivity index is 2.18. The Kier molecular flexibility index (Phi) is 3.26. The average molecular weight is 282 g/mol. The molecule has 0 amide bonds. The third-order valence-corrected chi connectivity index (χ3v) is 3.08. The fourth-order valence-corrected chi connectivity index (χ4v) is 2.05. The lowest BCUT2D eigenvalue weighted by Crippen LogP contribution is -2.12. The van der Waals surface area contributed by atoms with Gasteiger partial charge in [-0.2, -0.15) is 5.10 Å². The molecule has 1 atom stereocenters. The van der Waals surface area contributed by atoms with Gasteiger partial charge in [0.15, 0.2) is 0 Å². The highest BCUT2D eigenvalue weighted by Gasteiger charge is 2.12. The summed E-state index contributed by atoms with van der Waals surface area (Å²) in [4.78, 5) is 0. The first kappa shape index (κ1) is 11.2. The molecule has 0 spiro atoms. The Labute approximate surface area is 102 Å². The minimum absolute atomic E-state index is 0.349. The molecule has 1 heterocycles. The van der Waals surface area contributed by atoms with Crippen LogP contribution in [0.3, 0.4) is 0 Å². The van der Waals surface area contributed by atoms with Crippen LogP contribution in [-0.2, 0) is 6.54 Å². The molecule has 0 fully saturated rings. The SMILES string of the molecule is Nc1ccnn1CC(O)c1ccccc1Br. The molecule has 2 rings (SSSR count). The number of anilines is 1. The van der Waals surface area contributed by atoms with E-state index in [1.54, 1.807) is 16.9 Å². The molecular weight excluding hydrogens is 270 g/mol. The predicted octanol–water partition coefficient (Wildman–Crippen LogP) is 1.96. The lowest BCUT2D eigenvalue weighted by molar-refractivity contribution is 0.151. The number of nitrogens with zero attached hydrogens (tertiary/aromatic N) is 2. The molecule has 0 bridgehead atoms. The van der Waals surface area contributed by atoms with Gasteiger partial charge in [-0.25, -0.2) is 4.68 Å². The number of nitrogen functional groups attached to an aromatic ring is 1. The van der Waals surface area contributed by atoms with Crippen LogP contribution < -0.4 is 5.73 Å². The second-order valence-electron chi connectivity index (χ2n) is 3.48. The zero-order valence-corrected chi connectivity index (χ0v) is 10.1. The Hall–Kier alpha value is -1.33. The molecule has 0 aliphatic carbocycles. The van der Waals surface area contributed by atoms with Crippen molar-refractivity contribution in [2.24, 2.45) is 0 Å². The van der Waals surface area contributed by atoms with Crippen molar-refractivity contribution in [2.45, 2.75) is 12.6 Å². The van der Waals surface area contributed by atoms with Gasteiger partial charge in [-0.1, -0.05) is 34.1 Å². The third kappa shape index (κ3) is 2.25. The van der Waals surface area contributed by atoms with Gasteiger partial charge in [-0.3, -0.25) is 0 Å². The fourth-order valence-electron chi connectivity index (χ4n) is 1.50. The third-order valence-electron chi connectivity index (χ3n) is 2.36. The Bertz CT molecular complexity index is 484. The molecule has 0 radical (unpaired) electrons. The number of rotatable bonds is 3. The van der Waals surface area contributed by atoms with Crippen molar-refractivity contribution >= 4 is 21.7 Å². The van der Waals surface area contributed by atoms with Crippen molar-refractivity contribution in [3.05, 3.63) is 46.6 Å². The summed E-state index contributed by atoms with van der Waals surface area (Å²) in [7, 11) is 0. The van der Waals surface area contributed by atoms with Gasteiger partial charge in [0.25, 0.3) is 0 Å². The zero-order chi connectivity index (χ0) is 11.5. The maximum atomic E-state index is 10.1. The minimum Gasteiger partial charge on any atom is -0.386 e. The summed E-state index contributed by atoms with van der Waals surface area (Å²) in [5, 5.41) is 14.1. The molecule has 1 aromatic heterocycles. The normalized spacial score (nSPS) is 12.6. The molecule has 0 saturated carbocycles. The highest BCUT2D eigenvalue weighted by molar-refractivity contribution is 9.10. The topological polar surface area (TPSA) is 64.1 Å². The number of aliphatic hydroxyl groups is 1. The van der Waals surface area contributed by atoms with Gasteiger partial charge < -0.3 is 10.8 Å². The van der Waals surface area contributed by atoms with Gasteiger partial charge in [0.2, 0.25) is 0 Å². The second-order valence-corrected chi connectivity index (χ2v) is 4.33. The van der Waals surface area contributed by atoms with Crippen LogP contribution in [0.4, 0.5) is 5.82 Å². The number of aliphatic hydroxyl groups excluding tert-OH is 1. The highest BCUT2D eigenvalue weighted by atomic mass is 79.9. The summed E-state index contributed by atoms with van der Waals surface area (Å²) in [6.07, 6.45) is 0.986. The van der Waals surface area contributed by atoms with E-state index in [9.17, 15) is 5.11 Å². The van der Waals surface area contributed by atoms with Gasteiger partial charge in [-0.15, -0.1) is 0 Å². The standard InChI is InChI=1S/C11H12BrN3O/c12-9-4-2-1-3-8(9)10(16)7-15-11(13)5-6-14-15/h1-6,10,16H,7,13H2. The van der Waals surface area contributed by atoms with E-state index in [1.807, 2.05) is 24.3 Å². The van der Waals surface area contributed by atoms with Crippen molar-refractivity contribution in [1.29, 1.82) is 0 Å². The molecule has 3 N–H and O–H groups in total. The van der Waals surface area contributed by atoms with Crippen molar-refractivity contribution < 1.29 is 5.11 Å². The molecular formula is C11H12BrN3O. The lowest BCUT2D eigenvalue weighted by Gasteiger charge is -2.13. The highest BCUT2D eigenvalue weighted by Crippen LogP contribution is 2.24. The van der Waals surface area contributed by atoms with Crippen LogP contribution in [0.25, 0.3) is 0 Å². The fraction of sp³-hybridized carbons (Fsp3) is 0.182. The van der Waals surface area contributed by atoms with Gasteiger partial charge in [0, 0.05) is 4.47 Å². The number of hydrogen-bond donors (Lipinski definition) is 2.